The first-order valence-electron chi connectivity index (χ1n) is 6.97. The molecule has 0 unspecified atom stereocenters. The summed E-state index contributed by atoms with van der Waals surface area (Å²) in [6.45, 7) is 6.25. The Morgan fingerprint density at radius 3 is 2.68 bits per heavy atom. The summed E-state index contributed by atoms with van der Waals surface area (Å²) in [7, 11) is 2.19. The molecule has 1 fully saturated rings. The highest BCUT2D eigenvalue weighted by molar-refractivity contribution is 5.86. The summed E-state index contributed by atoms with van der Waals surface area (Å²) in [5.41, 5.74) is 9.57. The van der Waals surface area contributed by atoms with Gasteiger partial charge in [-0.25, -0.2) is 0 Å². The van der Waals surface area contributed by atoms with Crippen molar-refractivity contribution in [2.24, 2.45) is 5.73 Å². The summed E-state index contributed by atoms with van der Waals surface area (Å²) in [6, 6.07) is 6.39. The van der Waals surface area contributed by atoms with E-state index in [1.54, 1.807) is 0 Å². The molecule has 0 radical (unpaired) electrons. The van der Waals surface area contributed by atoms with E-state index in [1.807, 2.05) is 0 Å². The standard InChI is InChI=1S/C15H22N4/c1-18-5-7-19(8-6-18)11-13-10-17-15-12(9-16)3-2-4-14(13)15/h2-4,10,17H,5-9,11,16H2,1H3. The second kappa shape index (κ2) is 5.33. The van der Waals surface area contributed by atoms with Gasteiger partial charge in [0.1, 0.15) is 0 Å². The number of aromatic amines is 1. The molecule has 0 aliphatic carbocycles. The Bertz CT molecular complexity index is 552. The van der Waals surface area contributed by atoms with E-state index in [4.69, 9.17) is 5.73 Å². The highest BCUT2D eigenvalue weighted by atomic mass is 15.2. The van der Waals surface area contributed by atoms with Crippen molar-refractivity contribution in [2.75, 3.05) is 33.2 Å². The number of nitrogens with zero attached hydrogens (tertiary/aromatic N) is 2. The Labute approximate surface area is 114 Å². The van der Waals surface area contributed by atoms with Crippen LogP contribution in [0.3, 0.4) is 0 Å². The maximum absolute atomic E-state index is 5.79. The molecule has 1 aromatic carbocycles. The predicted molar refractivity (Wildman–Crippen MR) is 79.0 cm³/mol. The van der Waals surface area contributed by atoms with E-state index in [9.17, 15) is 0 Å². The molecule has 4 heteroatoms. The number of para-hydroxylation sites is 1. The molecular weight excluding hydrogens is 236 g/mol. The molecule has 1 aromatic heterocycles. The Kier molecular flexibility index (Phi) is 3.55. The molecule has 0 bridgehead atoms. The van der Waals surface area contributed by atoms with Gasteiger partial charge in [-0.2, -0.15) is 0 Å². The van der Waals surface area contributed by atoms with Crippen LogP contribution in [0.15, 0.2) is 24.4 Å². The van der Waals surface area contributed by atoms with Crippen molar-refractivity contribution in [2.45, 2.75) is 13.1 Å². The van der Waals surface area contributed by atoms with Crippen molar-refractivity contribution in [3.05, 3.63) is 35.5 Å². The predicted octanol–water partition coefficient (Wildman–Crippen LogP) is 1.37. The minimum atomic E-state index is 0.589. The van der Waals surface area contributed by atoms with E-state index in [2.05, 4.69) is 46.2 Å². The van der Waals surface area contributed by atoms with Gasteiger partial charge in [-0.3, -0.25) is 4.90 Å². The zero-order valence-electron chi connectivity index (χ0n) is 11.5. The first-order valence-corrected chi connectivity index (χ1v) is 6.97. The zero-order chi connectivity index (χ0) is 13.2. The molecule has 0 spiro atoms. The molecule has 1 aliphatic rings. The lowest BCUT2D eigenvalue weighted by atomic mass is 10.1. The Morgan fingerprint density at radius 2 is 1.95 bits per heavy atom. The minimum Gasteiger partial charge on any atom is -0.361 e. The molecule has 0 amide bonds. The molecule has 102 valence electrons. The summed E-state index contributed by atoms with van der Waals surface area (Å²) in [5.74, 6) is 0. The fraction of sp³-hybridized carbons (Fsp3) is 0.467. The third-order valence-electron chi connectivity index (χ3n) is 4.10. The fourth-order valence-electron chi connectivity index (χ4n) is 2.82. The Balaban J connectivity index is 1.82. The van der Waals surface area contributed by atoms with Crippen LogP contribution in [0.2, 0.25) is 0 Å². The molecule has 0 saturated carbocycles. The summed E-state index contributed by atoms with van der Waals surface area (Å²) in [4.78, 5) is 8.30. The van der Waals surface area contributed by atoms with Crippen LogP contribution < -0.4 is 5.73 Å². The van der Waals surface area contributed by atoms with Gasteiger partial charge >= 0.3 is 0 Å². The van der Waals surface area contributed by atoms with Crippen molar-refractivity contribution in [3.8, 4) is 0 Å². The van der Waals surface area contributed by atoms with Gasteiger partial charge < -0.3 is 15.6 Å². The SMILES string of the molecule is CN1CCN(Cc2c[nH]c3c(CN)cccc23)CC1. The van der Waals surface area contributed by atoms with Crippen LogP contribution in [0.5, 0.6) is 0 Å². The lowest BCUT2D eigenvalue weighted by molar-refractivity contribution is 0.148. The van der Waals surface area contributed by atoms with Crippen LogP contribution in [-0.2, 0) is 13.1 Å². The number of hydrogen-bond donors (Lipinski definition) is 2. The zero-order valence-corrected chi connectivity index (χ0v) is 11.5. The van der Waals surface area contributed by atoms with E-state index in [1.165, 1.54) is 22.0 Å². The van der Waals surface area contributed by atoms with E-state index in [0.29, 0.717) is 6.54 Å². The van der Waals surface area contributed by atoms with Crippen molar-refractivity contribution in [3.63, 3.8) is 0 Å². The Morgan fingerprint density at radius 1 is 1.16 bits per heavy atom. The molecule has 19 heavy (non-hydrogen) atoms. The third-order valence-corrected chi connectivity index (χ3v) is 4.10. The average Bonchev–Trinajstić information content (AvgIpc) is 2.84. The number of rotatable bonds is 3. The van der Waals surface area contributed by atoms with Crippen LogP contribution in [0.1, 0.15) is 11.1 Å². The first kappa shape index (κ1) is 12.7. The topological polar surface area (TPSA) is 48.3 Å². The molecule has 4 nitrogen and oxygen atoms in total. The van der Waals surface area contributed by atoms with Crippen molar-refractivity contribution in [1.29, 1.82) is 0 Å². The number of nitrogens with two attached hydrogens (primary N) is 1. The number of aromatic nitrogens is 1. The normalized spacial score (nSPS) is 18.2. The lowest BCUT2D eigenvalue weighted by Gasteiger charge is -2.32. The summed E-state index contributed by atoms with van der Waals surface area (Å²) in [5, 5.41) is 1.32. The largest absolute Gasteiger partial charge is 0.361 e. The van der Waals surface area contributed by atoms with Crippen LogP contribution in [0.4, 0.5) is 0 Å². The summed E-state index contributed by atoms with van der Waals surface area (Å²) in [6.07, 6.45) is 2.14. The van der Waals surface area contributed by atoms with Crippen LogP contribution in [0, 0.1) is 0 Å². The molecule has 3 rings (SSSR count). The third kappa shape index (κ3) is 2.52. The number of nitrogens with one attached hydrogen (secondary N) is 1. The molecule has 2 heterocycles. The van der Waals surface area contributed by atoms with Crippen LogP contribution >= 0.6 is 0 Å². The van der Waals surface area contributed by atoms with E-state index < -0.39 is 0 Å². The van der Waals surface area contributed by atoms with E-state index in [-0.39, 0.29) is 0 Å². The van der Waals surface area contributed by atoms with Gasteiger partial charge in [0.2, 0.25) is 0 Å². The van der Waals surface area contributed by atoms with Gasteiger partial charge in [-0.15, -0.1) is 0 Å². The second-order valence-electron chi connectivity index (χ2n) is 5.44. The fourth-order valence-corrected chi connectivity index (χ4v) is 2.82. The summed E-state index contributed by atoms with van der Waals surface area (Å²) >= 11 is 0. The number of likely N-dealkylation sites (N-methyl/N-ethyl adjacent to an activating group) is 1. The first-order chi connectivity index (χ1) is 9.28. The average molecular weight is 258 g/mol. The van der Waals surface area contributed by atoms with E-state index in [0.717, 1.165) is 32.7 Å². The number of hydrogen-bond acceptors (Lipinski definition) is 3. The number of piperazine rings is 1. The van der Waals surface area contributed by atoms with Gasteiger partial charge in [-0.05, 0) is 18.2 Å². The number of H-pyrrole nitrogens is 1. The maximum atomic E-state index is 5.79. The van der Waals surface area contributed by atoms with E-state index >= 15 is 0 Å². The van der Waals surface area contributed by atoms with Gasteiger partial charge in [0.15, 0.2) is 0 Å². The molecule has 1 saturated heterocycles. The highest BCUT2D eigenvalue weighted by Gasteiger charge is 2.15. The molecular formula is C15H22N4. The van der Waals surface area contributed by atoms with Gasteiger partial charge in [0.05, 0.1) is 5.52 Å². The molecule has 2 aromatic rings. The highest BCUT2D eigenvalue weighted by Crippen LogP contribution is 2.23. The van der Waals surface area contributed by atoms with Crippen LogP contribution in [0.25, 0.3) is 10.9 Å². The quantitative estimate of drug-likeness (QED) is 0.874. The molecule has 1 aliphatic heterocycles. The smallest absolute Gasteiger partial charge is 0.0502 e. The number of benzene rings is 1. The minimum absolute atomic E-state index is 0.589. The maximum Gasteiger partial charge on any atom is 0.0502 e. The lowest BCUT2D eigenvalue weighted by Crippen LogP contribution is -2.43. The monoisotopic (exact) mass is 258 g/mol. The van der Waals surface area contributed by atoms with Gasteiger partial charge in [0.25, 0.3) is 0 Å². The molecule has 3 N–H and O–H groups in total. The van der Waals surface area contributed by atoms with Gasteiger partial charge in [0, 0.05) is 50.9 Å². The second-order valence-corrected chi connectivity index (χ2v) is 5.44. The Hall–Kier alpha value is -1.36. The van der Waals surface area contributed by atoms with Gasteiger partial charge in [-0.1, -0.05) is 18.2 Å². The number of fused-ring (bicyclic) bond motifs is 1. The van der Waals surface area contributed by atoms with Crippen LogP contribution in [-0.4, -0.2) is 48.0 Å². The van der Waals surface area contributed by atoms with Crippen molar-refractivity contribution in [1.82, 2.24) is 14.8 Å². The van der Waals surface area contributed by atoms with Crippen molar-refractivity contribution < 1.29 is 0 Å². The molecule has 0 atom stereocenters. The van der Waals surface area contributed by atoms with Crippen molar-refractivity contribution >= 4 is 10.9 Å². The summed E-state index contributed by atoms with van der Waals surface area (Å²) < 4.78 is 0.